The topological polar surface area (TPSA) is 102 Å². The third-order valence-corrected chi connectivity index (χ3v) is 3.00. The molecule has 6 heteroatoms. The zero-order valence-corrected chi connectivity index (χ0v) is 11.8. The molecule has 0 aliphatic carbocycles. The van der Waals surface area contributed by atoms with Crippen molar-refractivity contribution >= 4 is 5.97 Å². The van der Waals surface area contributed by atoms with Crippen LogP contribution in [-0.4, -0.2) is 35.4 Å². The van der Waals surface area contributed by atoms with Gasteiger partial charge in [0.25, 0.3) is 0 Å². The van der Waals surface area contributed by atoms with Gasteiger partial charge in [-0.15, -0.1) is 0 Å². The van der Waals surface area contributed by atoms with E-state index < -0.39 is 11.5 Å². The molecule has 0 amide bonds. The maximum Gasteiger partial charge on any atom is 0.323 e. The maximum absolute atomic E-state index is 10.8. The van der Waals surface area contributed by atoms with Gasteiger partial charge in [-0.25, -0.2) is 0 Å². The molecular weight excluding hydrogens is 262 g/mol. The molecule has 0 aromatic heterocycles. The van der Waals surface area contributed by atoms with E-state index in [2.05, 4.69) is 0 Å². The number of aliphatic hydroxyl groups excluding tert-OH is 1. The van der Waals surface area contributed by atoms with Crippen LogP contribution in [0.4, 0.5) is 0 Å². The predicted molar refractivity (Wildman–Crippen MR) is 73.9 cm³/mol. The summed E-state index contributed by atoms with van der Waals surface area (Å²) in [6.45, 7) is 1.75. The fourth-order valence-corrected chi connectivity index (χ4v) is 1.66. The van der Waals surface area contributed by atoms with Crippen LogP contribution in [0.5, 0.6) is 11.5 Å². The molecule has 0 bridgehead atoms. The SMILES string of the molecule is COc1cc(CO)ccc1OCCCC(C)(N)C(=O)O. The number of hydrogen-bond acceptors (Lipinski definition) is 5. The molecule has 4 N–H and O–H groups in total. The first kappa shape index (κ1) is 16.3. The van der Waals surface area contributed by atoms with E-state index in [1.807, 2.05) is 0 Å². The summed E-state index contributed by atoms with van der Waals surface area (Å²) < 4.78 is 10.7. The predicted octanol–water partition coefficient (Wildman–Crippen LogP) is 1.15. The Labute approximate surface area is 118 Å². The second-order valence-electron chi connectivity index (χ2n) is 4.82. The number of ether oxygens (including phenoxy) is 2. The Bertz CT molecular complexity index is 459. The van der Waals surface area contributed by atoms with Gasteiger partial charge in [-0.3, -0.25) is 4.79 Å². The van der Waals surface area contributed by atoms with Crippen LogP contribution in [0, 0.1) is 0 Å². The molecule has 20 heavy (non-hydrogen) atoms. The van der Waals surface area contributed by atoms with Crippen molar-refractivity contribution in [2.45, 2.75) is 31.9 Å². The standard InChI is InChI=1S/C14H21NO5/c1-14(15,13(17)18)6-3-7-20-11-5-4-10(9-16)8-12(11)19-2/h4-5,8,16H,3,6-7,9,15H2,1-2H3,(H,17,18). The molecule has 0 saturated carbocycles. The second-order valence-corrected chi connectivity index (χ2v) is 4.82. The number of carboxylic acid groups (broad SMARTS) is 1. The largest absolute Gasteiger partial charge is 0.493 e. The summed E-state index contributed by atoms with van der Waals surface area (Å²) in [6, 6.07) is 5.14. The van der Waals surface area contributed by atoms with E-state index in [9.17, 15) is 4.79 Å². The van der Waals surface area contributed by atoms with Crippen LogP contribution in [0.3, 0.4) is 0 Å². The van der Waals surface area contributed by atoms with Crippen molar-refractivity contribution in [3.8, 4) is 11.5 Å². The van der Waals surface area contributed by atoms with Crippen LogP contribution in [0.1, 0.15) is 25.3 Å². The second kappa shape index (κ2) is 7.12. The van der Waals surface area contributed by atoms with E-state index >= 15 is 0 Å². The summed E-state index contributed by atoms with van der Waals surface area (Å²) in [4.78, 5) is 10.8. The smallest absolute Gasteiger partial charge is 0.323 e. The minimum atomic E-state index is -1.24. The van der Waals surface area contributed by atoms with Crippen molar-refractivity contribution < 1.29 is 24.5 Å². The third kappa shape index (κ3) is 4.40. The molecule has 1 atom stereocenters. The quantitative estimate of drug-likeness (QED) is 0.618. The molecule has 0 aliphatic heterocycles. The van der Waals surface area contributed by atoms with Crippen molar-refractivity contribution in [3.05, 3.63) is 23.8 Å². The minimum Gasteiger partial charge on any atom is -0.493 e. The van der Waals surface area contributed by atoms with E-state index in [4.69, 9.17) is 25.4 Å². The number of rotatable bonds is 8. The summed E-state index contributed by atoms with van der Waals surface area (Å²) in [5.74, 6) is 0.0615. The van der Waals surface area contributed by atoms with Crippen molar-refractivity contribution in [2.75, 3.05) is 13.7 Å². The zero-order chi connectivity index (χ0) is 15.2. The summed E-state index contributed by atoms with van der Waals surface area (Å²) in [5.41, 5.74) is 5.11. The summed E-state index contributed by atoms with van der Waals surface area (Å²) in [7, 11) is 1.52. The van der Waals surface area contributed by atoms with E-state index in [0.717, 1.165) is 5.56 Å². The molecule has 0 saturated heterocycles. The Balaban J connectivity index is 2.52. The Morgan fingerprint density at radius 1 is 1.40 bits per heavy atom. The van der Waals surface area contributed by atoms with Gasteiger partial charge in [0.05, 0.1) is 20.3 Å². The minimum absolute atomic E-state index is 0.0687. The molecule has 1 rings (SSSR count). The first-order valence-corrected chi connectivity index (χ1v) is 6.33. The Morgan fingerprint density at radius 3 is 2.65 bits per heavy atom. The Kier molecular flexibility index (Phi) is 5.79. The van der Waals surface area contributed by atoms with Crippen LogP contribution >= 0.6 is 0 Å². The van der Waals surface area contributed by atoms with Gasteiger partial charge in [0, 0.05) is 0 Å². The molecule has 1 aromatic carbocycles. The number of carbonyl (C=O) groups is 1. The van der Waals surface area contributed by atoms with Crippen molar-refractivity contribution in [1.29, 1.82) is 0 Å². The van der Waals surface area contributed by atoms with Crippen molar-refractivity contribution in [2.24, 2.45) is 5.73 Å². The average molecular weight is 283 g/mol. The fourth-order valence-electron chi connectivity index (χ4n) is 1.66. The lowest BCUT2D eigenvalue weighted by atomic mass is 9.98. The fraction of sp³-hybridized carbons (Fsp3) is 0.500. The van der Waals surface area contributed by atoms with Gasteiger partial charge in [-0.05, 0) is 37.5 Å². The molecule has 0 spiro atoms. The lowest BCUT2D eigenvalue weighted by Crippen LogP contribution is -2.44. The molecular formula is C14H21NO5. The first-order valence-electron chi connectivity index (χ1n) is 6.33. The Hall–Kier alpha value is -1.79. The summed E-state index contributed by atoms with van der Waals surface area (Å²) >= 11 is 0. The molecule has 0 aliphatic rings. The molecule has 1 aromatic rings. The molecule has 0 radical (unpaired) electrons. The molecule has 6 nitrogen and oxygen atoms in total. The van der Waals surface area contributed by atoms with Gasteiger partial charge in [0.2, 0.25) is 0 Å². The number of carboxylic acids is 1. The van der Waals surface area contributed by atoms with Gasteiger partial charge >= 0.3 is 5.97 Å². The van der Waals surface area contributed by atoms with Crippen LogP contribution < -0.4 is 15.2 Å². The number of benzene rings is 1. The van der Waals surface area contributed by atoms with Crippen LogP contribution in [0.2, 0.25) is 0 Å². The Morgan fingerprint density at radius 2 is 2.10 bits per heavy atom. The van der Waals surface area contributed by atoms with E-state index in [-0.39, 0.29) is 6.61 Å². The van der Waals surface area contributed by atoms with Gasteiger partial charge in [0.15, 0.2) is 11.5 Å². The van der Waals surface area contributed by atoms with Crippen molar-refractivity contribution in [3.63, 3.8) is 0 Å². The number of methoxy groups -OCH3 is 1. The monoisotopic (exact) mass is 283 g/mol. The van der Waals surface area contributed by atoms with Crippen LogP contribution in [0.25, 0.3) is 0 Å². The highest BCUT2D eigenvalue weighted by atomic mass is 16.5. The van der Waals surface area contributed by atoms with Gasteiger partial charge < -0.3 is 25.4 Å². The van der Waals surface area contributed by atoms with Crippen LogP contribution in [-0.2, 0) is 11.4 Å². The maximum atomic E-state index is 10.8. The lowest BCUT2D eigenvalue weighted by Gasteiger charge is -2.19. The van der Waals surface area contributed by atoms with E-state index in [1.54, 1.807) is 18.2 Å². The summed E-state index contributed by atoms with van der Waals surface area (Å²) in [6.07, 6.45) is 0.837. The average Bonchev–Trinajstić information content (AvgIpc) is 2.43. The van der Waals surface area contributed by atoms with Gasteiger partial charge in [-0.2, -0.15) is 0 Å². The van der Waals surface area contributed by atoms with Gasteiger partial charge in [0.1, 0.15) is 5.54 Å². The molecule has 1 unspecified atom stereocenters. The number of aliphatic hydroxyl groups is 1. The summed E-state index contributed by atoms with van der Waals surface area (Å²) in [5, 5.41) is 17.9. The highest BCUT2D eigenvalue weighted by molar-refractivity contribution is 5.77. The zero-order valence-electron chi connectivity index (χ0n) is 11.8. The van der Waals surface area contributed by atoms with E-state index in [0.29, 0.717) is 30.9 Å². The highest BCUT2D eigenvalue weighted by Gasteiger charge is 2.26. The van der Waals surface area contributed by atoms with Crippen LogP contribution in [0.15, 0.2) is 18.2 Å². The normalized spacial score (nSPS) is 13.6. The third-order valence-electron chi connectivity index (χ3n) is 3.00. The lowest BCUT2D eigenvalue weighted by molar-refractivity contribution is -0.143. The number of hydrogen-bond donors (Lipinski definition) is 3. The number of nitrogens with two attached hydrogens (primary N) is 1. The van der Waals surface area contributed by atoms with Crippen molar-refractivity contribution in [1.82, 2.24) is 0 Å². The highest BCUT2D eigenvalue weighted by Crippen LogP contribution is 2.28. The molecule has 112 valence electrons. The number of aliphatic carboxylic acids is 1. The van der Waals surface area contributed by atoms with Gasteiger partial charge in [-0.1, -0.05) is 6.07 Å². The molecule has 0 heterocycles. The van der Waals surface area contributed by atoms with E-state index in [1.165, 1.54) is 14.0 Å². The molecule has 0 fully saturated rings. The first-order chi connectivity index (χ1) is 9.40.